The number of nitrogens with one attached hydrogen (secondary N) is 1. The van der Waals surface area contributed by atoms with Gasteiger partial charge >= 0.3 is 0 Å². The molecular weight excluding hydrogens is 166 g/mol. The molecule has 0 aromatic rings. The number of hydrogen-bond donors (Lipinski definition) is 1. The first kappa shape index (κ1) is 11.7. The molecule has 0 aliphatic heterocycles. The standard InChI is InChI=1S/C9H21NOSi/c1-5-11-9(10)7-6-8-12(2,3)4/h10H,5-8H2,1-4H3. The predicted octanol–water partition coefficient (Wildman–Crippen LogP) is 3.12. The summed E-state index contributed by atoms with van der Waals surface area (Å²) >= 11 is 0. The van der Waals surface area contributed by atoms with Crippen LogP contribution >= 0.6 is 0 Å². The van der Waals surface area contributed by atoms with Gasteiger partial charge < -0.3 is 4.74 Å². The predicted molar refractivity (Wildman–Crippen MR) is 56.7 cm³/mol. The highest BCUT2D eigenvalue weighted by molar-refractivity contribution is 6.76. The fourth-order valence-corrected chi connectivity index (χ4v) is 2.26. The van der Waals surface area contributed by atoms with E-state index in [-0.39, 0.29) is 0 Å². The van der Waals surface area contributed by atoms with Crippen LogP contribution in [-0.4, -0.2) is 20.6 Å². The number of hydrogen-bond acceptors (Lipinski definition) is 2. The zero-order chi connectivity index (χ0) is 9.61. The van der Waals surface area contributed by atoms with Crippen LogP contribution in [0.25, 0.3) is 0 Å². The van der Waals surface area contributed by atoms with Crippen molar-refractivity contribution in [3.63, 3.8) is 0 Å². The SMILES string of the molecule is CCOC(=N)CCC[Si](C)(C)C. The number of rotatable bonds is 5. The van der Waals surface area contributed by atoms with E-state index in [0.29, 0.717) is 12.5 Å². The molecule has 0 saturated carbocycles. The lowest BCUT2D eigenvalue weighted by atomic mass is 10.3. The van der Waals surface area contributed by atoms with Gasteiger partial charge in [0.05, 0.1) is 6.61 Å². The van der Waals surface area contributed by atoms with E-state index < -0.39 is 8.07 Å². The molecule has 0 bridgehead atoms. The van der Waals surface area contributed by atoms with Gasteiger partial charge in [-0.2, -0.15) is 0 Å². The third kappa shape index (κ3) is 7.79. The van der Waals surface area contributed by atoms with Crippen LogP contribution in [0, 0.1) is 5.41 Å². The lowest BCUT2D eigenvalue weighted by Gasteiger charge is -2.15. The highest BCUT2D eigenvalue weighted by atomic mass is 28.3. The van der Waals surface area contributed by atoms with Gasteiger partial charge in [-0.15, -0.1) is 0 Å². The van der Waals surface area contributed by atoms with Crippen molar-refractivity contribution in [2.75, 3.05) is 6.61 Å². The Bertz CT molecular complexity index is 140. The molecule has 0 amide bonds. The van der Waals surface area contributed by atoms with Crippen molar-refractivity contribution in [3.05, 3.63) is 0 Å². The Morgan fingerprint density at radius 1 is 1.33 bits per heavy atom. The van der Waals surface area contributed by atoms with Gasteiger partial charge in [0.2, 0.25) is 0 Å². The summed E-state index contributed by atoms with van der Waals surface area (Å²) in [5.41, 5.74) is 0. The lowest BCUT2D eigenvalue weighted by molar-refractivity contribution is 0.313. The Morgan fingerprint density at radius 3 is 2.33 bits per heavy atom. The summed E-state index contributed by atoms with van der Waals surface area (Å²) in [5, 5.41) is 7.39. The molecule has 2 nitrogen and oxygen atoms in total. The monoisotopic (exact) mass is 187 g/mol. The zero-order valence-electron chi connectivity index (χ0n) is 8.74. The van der Waals surface area contributed by atoms with E-state index in [4.69, 9.17) is 10.1 Å². The molecule has 12 heavy (non-hydrogen) atoms. The van der Waals surface area contributed by atoms with Crippen molar-refractivity contribution in [2.45, 2.75) is 45.5 Å². The van der Waals surface area contributed by atoms with Gasteiger partial charge in [-0.05, 0) is 13.3 Å². The van der Waals surface area contributed by atoms with Crippen LogP contribution in [0.3, 0.4) is 0 Å². The van der Waals surface area contributed by atoms with Crippen LogP contribution in [-0.2, 0) is 4.74 Å². The maximum Gasteiger partial charge on any atom is 0.180 e. The molecule has 0 fully saturated rings. The fraction of sp³-hybridized carbons (Fsp3) is 0.889. The second-order valence-corrected chi connectivity index (χ2v) is 9.89. The second kappa shape index (κ2) is 5.35. The van der Waals surface area contributed by atoms with E-state index in [1.54, 1.807) is 0 Å². The minimum atomic E-state index is -0.899. The van der Waals surface area contributed by atoms with Gasteiger partial charge in [-0.1, -0.05) is 25.7 Å². The Balaban J connectivity index is 3.37. The molecule has 0 aliphatic rings. The summed E-state index contributed by atoms with van der Waals surface area (Å²) in [6.07, 6.45) is 1.94. The Hall–Kier alpha value is -0.313. The minimum Gasteiger partial charge on any atom is -0.481 e. The van der Waals surface area contributed by atoms with Gasteiger partial charge in [-0.25, -0.2) is 0 Å². The Labute approximate surface area is 76.8 Å². The van der Waals surface area contributed by atoms with Crippen molar-refractivity contribution < 1.29 is 4.74 Å². The molecule has 0 heterocycles. The van der Waals surface area contributed by atoms with Crippen LogP contribution in [0.4, 0.5) is 0 Å². The summed E-state index contributed by atoms with van der Waals surface area (Å²) in [7, 11) is -0.899. The van der Waals surface area contributed by atoms with Crippen LogP contribution in [0.2, 0.25) is 25.7 Å². The summed E-state index contributed by atoms with van der Waals surface area (Å²) in [5.74, 6) is 0.454. The highest BCUT2D eigenvalue weighted by Crippen LogP contribution is 2.12. The Kier molecular flexibility index (Phi) is 5.21. The molecule has 0 atom stereocenters. The van der Waals surface area contributed by atoms with E-state index in [1.165, 1.54) is 6.04 Å². The van der Waals surface area contributed by atoms with Crippen LogP contribution in [0.15, 0.2) is 0 Å². The minimum absolute atomic E-state index is 0.454. The van der Waals surface area contributed by atoms with Gasteiger partial charge in [0, 0.05) is 14.5 Å². The van der Waals surface area contributed by atoms with Gasteiger partial charge in [-0.3, -0.25) is 5.41 Å². The normalized spacial score (nSPS) is 11.3. The van der Waals surface area contributed by atoms with Gasteiger partial charge in [0.25, 0.3) is 0 Å². The third-order valence-corrected chi connectivity index (χ3v) is 3.50. The molecule has 0 spiro atoms. The first-order chi connectivity index (χ1) is 5.45. The highest BCUT2D eigenvalue weighted by Gasteiger charge is 2.12. The smallest absolute Gasteiger partial charge is 0.180 e. The van der Waals surface area contributed by atoms with Crippen molar-refractivity contribution >= 4 is 14.0 Å². The summed E-state index contributed by atoms with van der Waals surface area (Å²) in [6, 6.07) is 1.29. The van der Waals surface area contributed by atoms with E-state index in [2.05, 4.69) is 19.6 Å². The first-order valence-corrected chi connectivity index (χ1v) is 8.36. The van der Waals surface area contributed by atoms with E-state index in [9.17, 15) is 0 Å². The molecule has 1 N–H and O–H groups in total. The molecule has 0 radical (unpaired) electrons. The fourth-order valence-electron chi connectivity index (χ4n) is 1.03. The van der Waals surface area contributed by atoms with Gasteiger partial charge in [0.1, 0.15) is 0 Å². The molecule has 0 aromatic carbocycles. The van der Waals surface area contributed by atoms with E-state index in [0.717, 1.165) is 12.8 Å². The number of ether oxygens (including phenoxy) is 1. The molecule has 72 valence electrons. The molecule has 0 aromatic heterocycles. The van der Waals surface area contributed by atoms with Crippen LogP contribution < -0.4 is 0 Å². The summed E-state index contributed by atoms with van der Waals surface area (Å²) < 4.78 is 5.06. The topological polar surface area (TPSA) is 33.1 Å². The largest absolute Gasteiger partial charge is 0.481 e. The quantitative estimate of drug-likeness (QED) is 0.400. The zero-order valence-corrected chi connectivity index (χ0v) is 9.74. The van der Waals surface area contributed by atoms with E-state index in [1.807, 2.05) is 6.92 Å². The molecular formula is C9H21NOSi. The summed E-state index contributed by atoms with van der Waals surface area (Å²) in [6.45, 7) is 9.63. The van der Waals surface area contributed by atoms with Crippen LogP contribution in [0.5, 0.6) is 0 Å². The average molecular weight is 187 g/mol. The third-order valence-electron chi connectivity index (χ3n) is 1.65. The van der Waals surface area contributed by atoms with Crippen molar-refractivity contribution in [3.8, 4) is 0 Å². The van der Waals surface area contributed by atoms with Crippen molar-refractivity contribution in [2.24, 2.45) is 0 Å². The molecule has 0 aliphatic carbocycles. The van der Waals surface area contributed by atoms with Crippen LogP contribution in [0.1, 0.15) is 19.8 Å². The Morgan fingerprint density at radius 2 is 1.92 bits per heavy atom. The molecule has 0 unspecified atom stereocenters. The maximum atomic E-state index is 7.39. The second-order valence-electron chi connectivity index (χ2n) is 4.27. The van der Waals surface area contributed by atoms with Gasteiger partial charge in [0.15, 0.2) is 5.90 Å². The van der Waals surface area contributed by atoms with Crippen molar-refractivity contribution in [1.82, 2.24) is 0 Å². The lowest BCUT2D eigenvalue weighted by Crippen LogP contribution is -2.19. The molecule has 0 rings (SSSR count). The molecule has 0 saturated heterocycles. The first-order valence-electron chi connectivity index (χ1n) is 4.66. The van der Waals surface area contributed by atoms with E-state index >= 15 is 0 Å². The summed E-state index contributed by atoms with van der Waals surface area (Å²) in [4.78, 5) is 0. The van der Waals surface area contributed by atoms with Crippen molar-refractivity contribution in [1.29, 1.82) is 5.41 Å². The average Bonchev–Trinajstić information content (AvgIpc) is 1.84. The molecule has 3 heteroatoms. The maximum absolute atomic E-state index is 7.39.